The van der Waals surface area contributed by atoms with E-state index in [-0.39, 0.29) is 55.9 Å². The van der Waals surface area contributed by atoms with Gasteiger partial charge in [0.15, 0.2) is 0 Å². The molecule has 1 aromatic heterocycles. The van der Waals surface area contributed by atoms with Crippen LogP contribution in [0.25, 0.3) is 55.0 Å². The van der Waals surface area contributed by atoms with Crippen LogP contribution in [0.5, 0.6) is 0 Å². The summed E-state index contributed by atoms with van der Waals surface area (Å²) in [5.74, 6) is 0. The highest BCUT2D eigenvalue weighted by molar-refractivity contribution is 6.12. The molecule has 0 radical (unpaired) electrons. The van der Waals surface area contributed by atoms with Crippen molar-refractivity contribution in [2.45, 2.75) is 19.2 Å². The second kappa shape index (κ2) is 9.70. The fourth-order valence-corrected chi connectivity index (χ4v) is 6.38. The first-order valence-corrected chi connectivity index (χ1v) is 14.6. The molecule has 1 aliphatic rings. The Balaban J connectivity index is 1.33. The molecule has 0 bridgehead atoms. The fraction of sp³-hybridized carbons (Fsp3) is 0.0698. The van der Waals surface area contributed by atoms with Crippen molar-refractivity contribution in [1.82, 2.24) is 0 Å². The monoisotopic (exact) mass is 589 g/mol. The Hall–Kier alpha value is -5.60. The third-order valence-electron chi connectivity index (χ3n) is 8.62. The number of hydrogen-bond acceptors (Lipinski definition) is 2. The zero-order valence-corrected chi connectivity index (χ0v) is 24.1. The highest BCUT2D eigenvalue weighted by Gasteiger charge is 2.38. The maximum atomic E-state index is 9.88. The molecule has 0 N–H and O–H groups in total. The zero-order valence-electron chi connectivity index (χ0n) is 36.1. The number of furan rings is 1. The Morgan fingerprint density at radius 2 is 1.40 bits per heavy atom. The molecular formula is C43H31NO. The normalized spacial score (nSPS) is 19.5. The van der Waals surface area contributed by atoms with Crippen molar-refractivity contribution in [3.63, 3.8) is 0 Å². The summed E-state index contributed by atoms with van der Waals surface area (Å²) in [6, 6.07) is 26.3. The molecule has 1 unspecified atom stereocenters. The van der Waals surface area contributed by atoms with E-state index in [9.17, 15) is 5.48 Å². The summed E-state index contributed by atoms with van der Waals surface area (Å²) in [6.45, 7) is -1.61. The lowest BCUT2D eigenvalue weighted by atomic mass is 9.82. The lowest BCUT2D eigenvalue weighted by Crippen LogP contribution is -2.16. The van der Waals surface area contributed by atoms with Crippen LogP contribution in [-0.4, -0.2) is 0 Å². The van der Waals surface area contributed by atoms with Gasteiger partial charge in [0.25, 0.3) is 0 Å². The molecule has 1 aliphatic carbocycles. The number of rotatable bonds is 4. The molecule has 214 valence electrons. The molecule has 7 aromatic carbocycles. The first kappa shape index (κ1) is 16.5. The van der Waals surface area contributed by atoms with Crippen LogP contribution in [0.15, 0.2) is 156 Å². The summed E-state index contributed by atoms with van der Waals surface area (Å²) in [6.07, 6.45) is 0. The maximum Gasteiger partial charge on any atom is 0.143 e. The third kappa shape index (κ3) is 3.96. The van der Waals surface area contributed by atoms with E-state index in [2.05, 4.69) is 12.1 Å². The highest BCUT2D eigenvalue weighted by atomic mass is 16.3. The number of fused-ring (bicyclic) bond motifs is 8. The van der Waals surface area contributed by atoms with E-state index in [1.165, 1.54) is 6.92 Å². The average molecular weight is 590 g/mol. The van der Waals surface area contributed by atoms with Crippen molar-refractivity contribution >= 4 is 49.8 Å². The fourth-order valence-electron chi connectivity index (χ4n) is 6.38. The molecule has 8 aromatic rings. The second-order valence-electron chi connectivity index (χ2n) is 11.4. The Morgan fingerprint density at radius 1 is 0.644 bits per heavy atom. The molecule has 0 aliphatic heterocycles. The number of benzene rings is 7. The molecule has 1 heterocycles. The van der Waals surface area contributed by atoms with Gasteiger partial charge in [0.2, 0.25) is 0 Å². The van der Waals surface area contributed by atoms with E-state index < -0.39 is 60.6 Å². The first-order valence-electron chi connectivity index (χ1n) is 20.6. The molecule has 0 saturated carbocycles. The summed E-state index contributed by atoms with van der Waals surface area (Å²) in [4.78, 5) is 1.65. The van der Waals surface area contributed by atoms with E-state index >= 15 is 0 Å². The summed E-state index contributed by atoms with van der Waals surface area (Å²) in [7, 11) is 0. The van der Waals surface area contributed by atoms with Crippen molar-refractivity contribution in [1.29, 1.82) is 0 Å². The van der Waals surface area contributed by atoms with Crippen LogP contribution in [-0.2, 0) is 5.41 Å². The van der Waals surface area contributed by atoms with Crippen molar-refractivity contribution in [3.05, 3.63) is 163 Å². The lowest BCUT2D eigenvalue weighted by Gasteiger charge is -2.28. The number of anilines is 3. The van der Waals surface area contributed by atoms with Crippen molar-refractivity contribution in [2.24, 2.45) is 0 Å². The summed E-state index contributed by atoms with van der Waals surface area (Å²) >= 11 is 0. The lowest BCUT2D eigenvalue weighted by molar-refractivity contribution is 0.653. The van der Waals surface area contributed by atoms with Crippen molar-refractivity contribution in [2.75, 3.05) is 4.90 Å². The van der Waals surface area contributed by atoms with Crippen LogP contribution in [0, 0.1) is 0 Å². The largest absolute Gasteiger partial charge is 0.455 e. The van der Waals surface area contributed by atoms with Gasteiger partial charge in [0, 0.05) is 42.9 Å². The summed E-state index contributed by atoms with van der Waals surface area (Å²) < 4.78 is 114. The van der Waals surface area contributed by atoms with Gasteiger partial charge in [-0.1, -0.05) is 117 Å². The van der Waals surface area contributed by atoms with E-state index in [0.29, 0.717) is 11.4 Å². The van der Waals surface area contributed by atoms with Crippen LogP contribution < -0.4 is 4.90 Å². The molecule has 45 heavy (non-hydrogen) atoms. The van der Waals surface area contributed by atoms with Crippen LogP contribution >= 0.6 is 0 Å². The minimum Gasteiger partial charge on any atom is -0.455 e. The predicted octanol–water partition coefficient (Wildman–Crippen LogP) is 12.2. The Kier molecular flexibility index (Phi) is 3.55. The Bertz CT molecular complexity index is 3010. The minimum atomic E-state index is -2.96. The van der Waals surface area contributed by atoms with Gasteiger partial charge in [-0.15, -0.1) is 0 Å². The van der Waals surface area contributed by atoms with Crippen molar-refractivity contribution < 1.29 is 20.9 Å². The van der Waals surface area contributed by atoms with Gasteiger partial charge in [-0.25, -0.2) is 0 Å². The Morgan fingerprint density at radius 3 is 2.24 bits per heavy atom. The molecular weight excluding hydrogens is 546 g/mol. The standard InChI is InChI=1S/C43H31NO/c1-43(2)38-25-24-36-35-14-8-9-15-40(35)45-42(36)41(38)37-23-22-34(27-39(37)43)44(32-12-4-3-5-13-32)33-20-18-29(19-21-33)31-17-16-28-10-6-7-11-30(28)26-31/h3-27H,1-2H3/i1D3,8D,9D,14D,15D,22D,23D,24D,25D,27D. The Labute approximate surface area is 279 Å². The smallest absolute Gasteiger partial charge is 0.143 e. The van der Waals surface area contributed by atoms with Gasteiger partial charge in [-0.05, 0) is 87.0 Å². The van der Waals surface area contributed by atoms with Crippen LogP contribution in [0.4, 0.5) is 17.1 Å². The highest BCUT2D eigenvalue weighted by Crippen LogP contribution is 2.54. The van der Waals surface area contributed by atoms with Gasteiger partial charge in [0.1, 0.15) is 11.2 Å². The number of nitrogens with zero attached hydrogens (tertiary/aromatic N) is 1. The van der Waals surface area contributed by atoms with Crippen molar-refractivity contribution in [3.8, 4) is 22.3 Å². The van der Waals surface area contributed by atoms with Gasteiger partial charge in [-0.3, -0.25) is 0 Å². The maximum absolute atomic E-state index is 9.88. The topological polar surface area (TPSA) is 16.4 Å². The molecule has 2 heteroatoms. The number of para-hydroxylation sites is 2. The molecule has 0 saturated heterocycles. The molecule has 0 spiro atoms. The van der Waals surface area contributed by atoms with Crippen LogP contribution in [0.3, 0.4) is 0 Å². The molecule has 1 atom stereocenters. The molecule has 0 fully saturated rings. The second-order valence-corrected chi connectivity index (χ2v) is 11.4. The van der Waals surface area contributed by atoms with Crippen LogP contribution in [0.2, 0.25) is 0 Å². The average Bonchev–Trinajstić information content (AvgIpc) is 3.74. The minimum absolute atomic E-state index is 0.0650. The third-order valence-corrected chi connectivity index (χ3v) is 8.62. The molecule has 2 nitrogen and oxygen atoms in total. The van der Waals surface area contributed by atoms with Gasteiger partial charge in [-0.2, -0.15) is 0 Å². The van der Waals surface area contributed by atoms with E-state index in [4.69, 9.17) is 15.4 Å². The zero-order chi connectivity index (χ0) is 40.5. The van der Waals surface area contributed by atoms with E-state index in [1.54, 1.807) is 29.2 Å². The summed E-state index contributed by atoms with van der Waals surface area (Å²) in [5, 5.41) is 1.90. The quantitative estimate of drug-likeness (QED) is 0.203. The number of hydrogen-bond donors (Lipinski definition) is 0. The van der Waals surface area contributed by atoms with Gasteiger partial charge >= 0.3 is 0 Å². The SMILES string of the molecule is [2H]c1c([2H])c(N(c2ccccc2)c2ccc(-c3ccc4ccccc4c3)cc2)c([2H])c2c1-c1c(c([2H])c([2H])c3c1oc1c([2H])c([2H])c([2H])c([2H])c13)C2(C)C([2H])([2H])[2H]. The first-order chi connectivity index (χ1) is 27.1. The van der Waals surface area contributed by atoms with E-state index in [0.717, 1.165) is 21.9 Å². The predicted molar refractivity (Wildman–Crippen MR) is 189 cm³/mol. The molecule has 0 amide bonds. The van der Waals surface area contributed by atoms with Gasteiger partial charge in [0.05, 0.1) is 12.3 Å². The summed E-state index contributed by atoms with van der Waals surface area (Å²) in [5.41, 5.74) is -0.304. The van der Waals surface area contributed by atoms with E-state index in [1.807, 2.05) is 60.7 Å². The molecule has 9 rings (SSSR count). The van der Waals surface area contributed by atoms with Crippen LogP contribution in [0.1, 0.15) is 41.4 Å². The van der Waals surface area contributed by atoms with Gasteiger partial charge < -0.3 is 9.32 Å².